The Labute approximate surface area is 174 Å². The van der Waals surface area contributed by atoms with E-state index in [2.05, 4.69) is 64.2 Å². The summed E-state index contributed by atoms with van der Waals surface area (Å²) < 4.78 is 0. The summed E-state index contributed by atoms with van der Waals surface area (Å²) in [6, 6.07) is 17.7. The maximum atomic E-state index is 13.1. The van der Waals surface area contributed by atoms with E-state index in [0.29, 0.717) is 18.2 Å². The molecule has 1 amide bonds. The van der Waals surface area contributed by atoms with Crippen LogP contribution in [0.1, 0.15) is 47.9 Å². The van der Waals surface area contributed by atoms with Crippen LogP contribution in [0.15, 0.2) is 48.5 Å². The van der Waals surface area contributed by atoms with Crippen LogP contribution in [0, 0.1) is 0 Å². The number of benzene rings is 2. The van der Waals surface area contributed by atoms with Crippen LogP contribution in [0.5, 0.6) is 0 Å². The molecule has 3 aliphatic rings. The monoisotopic (exact) mass is 389 g/mol. The third-order valence-electron chi connectivity index (χ3n) is 7.13. The summed E-state index contributed by atoms with van der Waals surface area (Å²) in [4.78, 5) is 20.2. The van der Waals surface area contributed by atoms with Gasteiger partial charge < -0.3 is 14.7 Å². The molecular formula is C25H31N3O. The minimum absolute atomic E-state index is 0.277. The van der Waals surface area contributed by atoms with Crippen LogP contribution in [0.3, 0.4) is 0 Å². The minimum Gasteiger partial charge on any atom is -0.369 e. The molecule has 2 fully saturated rings. The molecule has 1 aliphatic carbocycles. The quantitative estimate of drug-likeness (QED) is 0.795. The van der Waals surface area contributed by atoms with Gasteiger partial charge in [0.25, 0.3) is 0 Å². The number of rotatable bonds is 4. The lowest BCUT2D eigenvalue weighted by molar-refractivity contribution is -0.134. The van der Waals surface area contributed by atoms with Gasteiger partial charge in [-0.15, -0.1) is 0 Å². The number of hydrogen-bond acceptors (Lipinski definition) is 3. The van der Waals surface area contributed by atoms with E-state index < -0.39 is 0 Å². The summed E-state index contributed by atoms with van der Waals surface area (Å²) >= 11 is 0. The lowest BCUT2D eigenvalue weighted by atomic mass is 9.95. The Hall–Kier alpha value is -2.33. The molecule has 29 heavy (non-hydrogen) atoms. The third kappa shape index (κ3) is 3.66. The average Bonchev–Trinajstić information content (AvgIpc) is 3.05. The van der Waals surface area contributed by atoms with E-state index in [9.17, 15) is 4.79 Å². The van der Waals surface area contributed by atoms with E-state index in [0.717, 1.165) is 52.0 Å². The Bertz CT molecular complexity index is 873. The molecule has 2 aromatic carbocycles. The zero-order valence-electron chi connectivity index (χ0n) is 17.4. The molecule has 2 saturated heterocycles. The largest absolute Gasteiger partial charge is 0.369 e. The topological polar surface area (TPSA) is 26.8 Å². The predicted octanol–water partition coefficient (Wildman–Crippen LogP) is 3.83. The number of likely N-dealkylation sites (tertiary alicyclic amines) is 1. The number of aryl methyl sites for hydroxylation is 1. The Kier molecular flexibility index (Phi) is 5.04. The number of hydrogen-bond donors (Lipinski definition) is 0. The van der Waals surface area contributed by atoms with Crippen molar-refractivity contribution in [2.45, 2.75) is 37.6 Å². The molecule has 2 bridgehead atoms. The second-order valence-electron chi connectivity index (χ2n) is 8.91. The molecule has 2 aromatic rings. The molecule has 0 N–H and O–H groups in total. The van der Waals surface area contributed by atoms with E-state index in [4.69, 9.17) is 0 Å². The SMILES string of the molecule is CN1CCN(c2ccc3c(c2)[C@H]2CC3CCN2C(=O)CCc2ccccc2)CC1. The molecule has 0 spiro atoms. The molecule has 2 aliphatic heterocycles. The molecule has 4 nitrogen and oxygen atoms in total. The fourth-order valence-electron chi connectivity index (χ4n) is 5.36. The van der Waals surface area contributed by atoms with Crippen molar-refractivity contribution in [1.82, 2.24) is 9.80 Å². The second-order valence-corrected chi connectivity index (χ2v) is 8.91. The van der Waals surface area contributed by atoms with Crippen molar-refractivity contribution in [2.24, 2.45) is 0 Å². The lowest BCUT2D eigenvalue weighted by Crippen LogP contribution is -2.44. The third-order valence-corrected chi connectivity index (χ3v) is 7.13. The second kappa shape index (κ2) is 7.83. The molecule has 2 heterocycles. The van der Waals surface area contributed by atoms with Gasteiger partial charge in [0.1, 0.15) is 0 Å². The fourth-order valence-corrected chi connectivity index (χ4v) is 5.36. The summed E-state index contributed by atoms with van der Waals surface area (Å²) in [6.07, 6.45) is 3.66. The maximum absolute atomic E-state index is 13.1. The molecule has 2 atom stereocenters. The zero-order valence-corrected chi connectivity index (χ0v) is 17.4. The van der Waals surface area contributed by atoms with Crippen LogP contribution in [-0.2, 0) is 11.2 Å². The summed E-state index contributed by atoms with van der Waals surface area (Å²) in [7, 11) is 2.20. The first-order chi connectivity index (χ1) is 14.2. The molecule has 4 heteroatoms. The van der Waals surface area contributed by atoms with Crippen LogP contribution >= 0.6 is 0 Å². The average molecular weight is 390 g/mol. The van der Waals surface area contributed by atoms with Crippen molar-refractivity contribution in [3.05, 3.63) is 65.2 Å². The van der Waals surface area contributed by atoms with E-state index in [1.807, 2.05) is 6.07 Å². The first-order valence-electron chi connectivity index (χ1n) is 11.1. The highest BCUT2D eigenvalue weighted by Crippen LogP contribution is 2.50. The van der Waals surface area contributed by atoms with Crippen molar-refractivity contribution in [1.29, 1.82) is 0 Å². The van der Waals surface area contributed by atoms with Crippen LogP contribution in [0.25, 0.3) is 0 Å². The summed E-state index contributed by atoms with van der Waals surface area (Å²) in [5, 5.41) is 0. The number of carbonyl (C=O) groups is 1. The number of piperazine rings is 1. The number of anilines is 1. The highest BCUT2D eigenvalue weighted by molar-refractivity contribution is 5.78. The van der Waals surface area contributed by atoms with Crippen molar-refractivity contribution in [2.75, 3.05) is 44.7 Å². The fraction of sp³-hybridized carbons (Fsp3) is 0.480. The van der Waals surface area contributed by atoms with Crippen LogP contribution in [-0.4, -0.2) is 55.5 Å². The Morgan fingerprint density at radius 1 is 0.966 bits per heavy atom. The number of nitrogens with zero attached hydrogens (tertiary/aromatic N) is 3. The lowest BCUT2D eigenvalue weighted by Gasteiger charge is -2.35. The summed E-state index contributed by atoms with van der Waals surface area (Å²) in [5.74, 6) is 0.949. The number of piperidine rings is 1. The van der Waals surface area contributed by atoms with Gasteiger partial charge in [0.15, 0.2) is 0 Å². The van der Waals surface area contributed by atoms with Gasteiger partial charge in [-0.05, 0) is 61.1 Å². The van der Waals surface area contributed by atoms with Crippen LogP contribution in [0.2, 0.25) is 0 Å². The van der Waals surface area contributed by atoms with Crippen molar-refractivity contribution >= 4 is 11.6 Å². The van der Waals surface area contributed by atoms with Gasteiger partial charge in [0.05, 0.1) is 6.04 Å². The van der Waals surface area contributed by atoms with Crippen LogP contribution in [0.4, 0.5) is 5.69 Å². The molecule has 0 saturated carbocycles. The number of amides is 1. The van der Waals surface area contributed by atoms with Gasteiger partial charge in [-0.3, -0.25) is 4.79 Å². The number of carbonyl (C=O) groups excluding carboxylic acids is 1. The Morgan fingerprint density at radius 3 is 2.55 bits per heavy atom. The van der Waals surface area contributed by atoms with E-state index >= 15 is 0 Å². The first-order valence-corrected chi connectivity index (χ1v) is 11.1. The normalized spacial score (nSPS) is 23.9. The Morgan fingerprint density at radius 2 is 1.76 bits per heavy atom. The highest BCUT2D eigenvalue weighted by Gasteiger charge is 2.40. The number of likely N-dealkylation sites (N-methyl/N-ethyl adjacent to an activating group) is 1. The smallest absolute Gasteiger partial charge is 0.223 e. The first kappa shape index (κ1) is 18.7. The number of fused-ring (bicyclic) bond motifs is 5. The van der Waals surface area contributed by atoms with E-state index in [1.54, 1.807) is 0 Å². The van der Waals surface area contributed by atoms with Gasteiger partial charge in [0.2, 0.25) is 5.91 Å². The summed E-state index contributed by atoms with van der Waals surface area (Å²) in [6.45, 7) is 5.31. The van der Waals surface area contributed by atoms with Gasteiger partial charge in [0, 0.05) is 44.8 Å². The van der Waals surface area contributed by atoms with E-state index in [-0.39, 0.29) is 6.04 Å². The minimum atomic E-state index is 0.277. The maximum Gasteiger partial charge on any atom is 0.223 e. The van der Waals surface area contributed by atoms with Gasteiger partial charge in [-0.25, -0.2) is 0 Å². The molecular weight excluding hydrogens is 358 g/mol. The Balaban J connectivity index is 1.32. The summed E-state index contributed by atoms with van der Waals surface area (Å²) in [5.41, 5.74) is 5.49. The molecule has 0 radical (unpaired) electrons. The zero-order chi connectivity index (χ0) is 19.8. The standard InChI is InChI=1S/C25H31N3O/c1-26-13-15-27(16-14-26)21-8-9-22-20-11-12-28(24(17-20)23(22)18-21)25(29)10-7-19-5-3-2-4-6-19/h2-6,8-9,18,20,24H,7,10-17H2,1H3/t20?,24-/m1/s1. The van der Waals surface area contributed by atoms with Gasteiger partial charge in [-0.2, -0.15) is 0 Å². The molecule has 1 unspecified atom stereocenters. The van der Waals surface area contributed by atoms with Crippen molar-refractivity contribution < 1.29 is 4.79 Å². The van der Waals surface area contributed by atoms with Crippen molar-refractivity contribution in [3.8, 4) is 0 Å². The van der Waals surface area contributed by atoms with Crippen molar-refractivity contribution in [3.63, 3.8) is 0 Å². The molecule has 0 aromatic heterocycles. The molecule has 5 rings (SSSR count). The van der Waals surface area contributed by atoms with Gasteiger partial charge in [-0.1, -0.05) is 36.4 Å². The van der Waals surface area contributed by atoms with Crippen LogP contribution < -0.4 is 4.90 Å². The highest BCUT2D eigenvalue weighted by atomic mass is 16.2. The predicted molar refractivity (Wildman–Crippen MR) is 117 cm³/mol. The molecule has 152 valence electrons. The van der Waals surface area contributed by atoms with E-state index in [1.165, 1.54) is 22.4 Å². The van der Waals surface area contributed by atoms with Gasteiger partial charge >= 0.3 is 0 Å².